The van der Waals surface area contributed by atoms with Crippen molar-refractivity contribution in [1.82, 2.24) is 0 Å². The lowest BCUT2D eigenvalue weighted by molar-refractivity contribution is -0.106. The van der Waals surface area contributed by atoms with E-state index in [9.17, 15) is 9.59 Å². The molecule has 90 valence electrons. The summed E-state index contributed by atoms with van der Waals surface area (Å²) >= 11 is 5.34. The smallest absolute Gasteiger partial charge is 0.211 e. The molecule has 0 fully saturated rings. The van der Waals surface area contributed by atoms with Gasteiger partial charge >= 0.3 is 0 Å². The van der Waals surface area contributed by atoms with Crippen molar-refractivity contribution in [2.45, 2.75) is 0 Å². The van der Waals surface area contributed by atoms with E-state index in [1.165, 1.54) is 0 Å². The van der Waals surface area contributed by atoms with E-state index in [-0.39, 0.29) is 0 Å². The number of nitrogens with one attached hydrogen (secondary N) is 2. The molecule has 17 heavy (non-hydrogen) atoms. The number of amides is 2. The second kappa shape index (κ2) is 8.20. The molecule has 2 heterocycles. The van der Waals surface area contributed by atoms with Gasteiger partial charge in [-0.15, -0.1) is 11.3 Å². The van der Waals surface area contributed by atoms with Gasteiger partial charge in [0.05, 0.1) is 14.3 Å². The summed E-state index contributed by atoms with van der Waals surface area (Å²) in [5, 5.41) is 10.8. The molecule has 2 amide bonds. The Morgan fingerprint density at radius 3 is 2.35 bits per heavy atom. The molecule has 4 nitrogen and oxygen atoms in total. The fourth-order valence-corrected chi connectivity index (χ4v) is 2.82. The average molecular weight is 380 g/mol. The number of hydrogen-bond acceptors (Lipinski definition) is 4. The molecular formula is C10H9IN2O2S2. The van der Waals surface area contributed by atoms with Crippen molar-refractivity contribution in [2.24, 2.45) is 0 Å². The number of thiophene rings is 2. The summed E-state index contributed by atoms with van der Waals surface area (Å²) in [4.78, 5) is 19.7. The van der Waals surface area contributed by atoms with E-state index in [0.29, 0.717) is 12.8 Å². The van der Waals surface area contributed by atoms with E-state index < -0.39 is 0 Å². The van der Waals surface area contributed by atoms with Crippen LogP contribution < -0.4 is 10.6 Å². The summed E-state index contributed by atoms with van der Waals surface area (Å²) in [6, 6.07) is 3.72. The SMILES string of the molecule is O=CNc1ccsc1.O=CNc1ccsc1I. The largest absolute Gasteiger partial charge is 0.328 e. The molecular weight excluding hydrogens is 371 g/mol. The third-order valence-electron chi connectivity index (χ3n) is 1.58. The highest BCUT2D eigenvalue weighted by molar-refractivity contribution is 14.1. The van der Waals surface area contributed by atoms with Crippen molar-refractivity contribution in [2.75, 3.05) is 10.6 Å². The van der Waals surface area contributed by atoms with E-state index in [1.54, 1.807) is 22.7 Å². The highest BCUT2D eigenvalue weighted by atomic mass is 127. The fourth-order valence-electron chi connectivity index (χ4n) is 0.874. The van der Waals surface area contributed by atoms with Crippen LogP contribution in [0, 0.1) is 2.88 Å². The van der Waals surface area contributed by atoms with Crippen molar-refractivity contribution >= 4 is 69.5 Å². The van der Waals surface area contributed by atoms with Gasteiger partial charge in [-0.2, -0.15) is 11.3 Å². The molecule has 2 aromatic rings. The summed E-state index contributed by atoms with van der Waals surface area (Å²) in [5.74, 6) is 0. The molecule has 7 heteroatoms. The van der Waals surface area contributed by atoms with Gasteiger partial charge in [0.15, 0.2) is 0 Å². The second-order valence-corrected chi connectivity index (χ2v) is 6.15. The number of rotatable bonds is 4. The third kappa shape index (κ3) is 5.29. The van der Waals surface area contributed by atoms with Crippen LogP contribution in [0.5, 0.6) is 0 Å². The van der Waals surface area contributed by atoms with Gasteiger partial charge in [0, 0.05) is 5.38 Å². The number of carbonyl (C=O) groups excluding carboxylic acids is 2. The molecule has 0 aromatic carbocycles. The minimum atomic E-state index is 0.669. The zero-order valence-corrected chi connectivity index (χ0v) is 12.3. The van der Waals surface area contributed by atoms with Crippen molar-refractivity contribution in [1.29, 1.82) is 0 Å². The summed E-state index contributed by atoms with van der Waals surface area (Å²) in [7, 11) is 0. The van der Waals surface area contributed by atoms with E-state index in [4.69, 9.17) is 0 Å². The van der Waals surface area contributed by atoms with Gasteiger partial charge in [-0.3, -0.25) is 9.59 Å². The summed E-state index contributed by atoms with van der Waals surface area (Å²) < 4.78 is 1.11. The highest BCUT2D eigenvalue weighted by Gasteiger charge is 1.96. The molecule has 0 aliphatic carbocycles. The van der Waals surface area contributed by atoms with Crippen molar-refractivity contribution in [3.8, 4) is 0 Å². The van der Waals surface area contributed by atoms with Crippen LogP contribution in [0.2, 0.25) is 0 Å². The van der Waals surface area contributed by atoms with E-state index in [1.807, 2.05) is 28.3 Å². The van der Waals surface area contributed by atoms with E-state index in [0.717, 1.165) is 14.3 Å². The predicted molar refractivity (Wildman–Crippen MR) is 80.7 cm³/mol. The Morgan fingerprint density at radius 1 is 1.12 bits per heavy atom. The maximum absolute atomic E-state index is 9.91. The van der Waals surface area contributed by atoms with Gasteiger partial charge in [0.25, 0.3) is 0 Å². The van der Waals surface area contributed by atoms with Crippen LogP contribution in [0.1, 0.15) is 0 Å². The van der Waals surface area contributed by atoms with E-state index >= 15 is 0 Å². The normalized spacial score (nSPS) is 8.76. The Kier molecular flexibility index (Phi) is 6.82. The molecule has 2 aromatic heterocycles. The molecule has 0 saturated heterocycles. The molecule has 2 rings (SSSR count). The Labute approximate surface area is 120 Å². The average Bonchev–Trinajstić information content (AvgIpc) is 2.94. The van der Waals surface area contributed by atoms with E-state index in [2.05, 4.69) is 33.2 Å². The molecule has 0 unspecified atom stereocenters. The molecule has 0 atom stereocenters. The summed E-state index contributed by atoms with van der Waals surface area (Å²) in [6.45, 7) is 0. The molecule has 0 radical (unpaired) electrons. The predicted octanol–water partition coefficient (Wildman–Crippen LogP) is 3.24. The zero-order valence-electron chi connectivity index (χ0n) is 8.55. The van der Waals surface area contributed by atoms with Crippen LogP contribution in [0.25, 0.3) is 0 Å². The molecule has 0 spiro atoms. The lowest BCUT2D eigenvalue weighted by Gasteiger charge is -1.90. The first-order valence-corrected chi connectivity index (χ1v) is 7.33. The van der Waals surface area contributed by atoms with Crippen LogP contribution in [0.4, 0.5) is 11.4 Å². The van der Waals surface area contributed by atoms with Gasteiger partial charge < -0.3 is 10.6 Å². The third-order valence-corrected chi connectivity index (χ3v) is 4.31. The molecule has 0 aliphatic heterocycles. The van der Waals surface area contributed by atoms with Gasteiger partial charge in [0.2, 0.25) is 12.8 Å². The number of hydrogen-bond donors (Lipinski definition) is 2. The summed E-state index contributed by atoms with van der Waals surface area (Å²) in [6.07, 6.45) is 1.35. The summed E-state index contributed by atoms with van der Waals surface area (Å²) in [5.41, 5.74) is 1.76. The standard InChI is InChI=1S/C5H4INOS.C5H5NOS/c6-5-4(7-3-8)1-2-9-5;7-4-6-5-1-2-8-3-5/h1-3H,(H,7,8);1-4H,(H,6,7). The first kappa shape index (κ1) is 14.1. The van der Waals surface area contributed by atoms with Gasteiger partial charge in [-0.25, -0.2) is 0 Å². The first-order chi connectivity index (χ1) is 8.27. The Morgan fingerprint density at radius 2 is 1.88 bits per heavy atom. The highest BCUT2D eigenvalue weighted by Crippen LogP contribution is 2.22. The van der Waals surface area contributed by atoms with Crippen molar-refractivity contribution < 1.29 is 9.59 Å². The maximum atomic E-state index is 9.91. The lowest BCUT2D eigenvalue weighted by atomic mass is 10.5. The van der Waals surface area contributed by atoms with Gasteiger partial charge in [-0.1, -0.05) is 0 Å². The topological polar surface area (TPSA) is 58.2 Å². The Hall–Kier alpha value is -0.930. The lowest BCUT2D eigenvalue weighted by Crippen LogP contribution is -1.91. The van der Waals surface area contributed by atoms with Crippen LogP contribution in [-0.4, -0.2) is 12.8 Å². The minimum Gasteiger partial charge on any atom is -0.328 e. The molecule has 0 aliphatic rings. The first-order valence-electron chi connectivity index (χ1n) is 4.43. The van der Waals surface area contributed by atoms with Gasteiger partial charge in [0.1, 0.15) is 0 Å². The number of halogens is 1. The molecule has 0 saturated carbocycles. The molecule has 0 bridgehead atoms. The Bertz CT molecular complexity index is 457. The van der Waals surface area contributed by atoms with Crippen molar-refractivity contribution in [3.05, 3.63) is 31.2 Å². The number of anilines is 2. The van der Waals surface area contributed by atoms with Crippen LogP contribution in [0.3, 0.4) is 0 Å². The van der Waals surface area contributed by atoms with Crippen LogP contribution in [-0.2, 0) is 9.59 Å². The van der Waals surface area contributed by atoms with Crippen LogP contribution in [0.15, 0.2) is 28.3 Å². The Balaban J connectivity index is 0.000000171. The second-order valence-electron chi connectivity index (χ2n) is 2.64. The minimum absolute atomic E-state index is 0.669. The van der Waals surface area contributed by atoms with Gasteiger partial charge in [-0.05, 0) is 45.5 Å². The quantitative estimate of drug-likeness (QED) is 0.632. The van der Waals surface area contributed by atoms with Crippen LogP contribution >= 0.6 is 45.3 Å². The van der Waals surface area contributed by atoms with Crippen molar-refractivity contribution in [3.63, 3.8) is 0 Å². The molecule has 2 N–H and O–H groups in total. The number of carbonyl (C=O) groups is 2. The maximum Gasteiger partial charge on any atom is 0.211 e. The monoisotopic (exact) mass is 380 g/mol. The zero-order chi connectivity index (χ0) is 12.5. The fraction of sp³-hybridized carbons (Fsp3) is 0.